The van der Waals surface area contributed by atoms with Crippen molar-refractivity contribution in [3.05, 3.63) is 46.8 Å². The topological polar surface area (TPSA) is 81.0 Å². The van der Waals surface area contributed by atoms with Crippen molar-refractivity contribution in [2.45, 2.75) is 53.4 Å². The largest absolute Gasteiger partial charge is 0.356 e. The summed E-state index contributed by atoms with van der Waals surface area (Å²) in [4.78, 5) is 7.20. The summed E-state index contributed by atoms with van der Waals surface area (Å²) < 4.78 is 1.95. The molecule has 0 aliphatic heterocycles. The van der Waals surface area contributed by atoms with Crippen molar-refractivity contribution in [1.82, 2.24) is 14.6 Å². The molecule has 0 saturated carbocycles. The molecule has 3 rings (SSSR count). The second-order valence-corrected chi connectivity index (χ2v) is 7.60. The van der Waals surface area contributed by atoms with Gasteiger partial charge in [0, 0.05) is 30.4 Å². The maximum absolute atomic E-state index is 9.37. The van der Waals surface area contributed by atoms with Crippen LogP contribution in [0.15, 0.2) is 24.3 Å². The van der Waals surface area contributed by atoms with Gasteiger partial charge in [-0.1, -0.05) is 32.0 Å². The van der Waals surface area contributed by atoms with E-state index < -0.39 is 0 Å². The Morgan fingerprint density at radius 1 is 1.00 bits per heavy atom. The van der Waals surface area contributed by atoms with Gasteiger partial charge in [0.25, 0.3) is 0 Å². The quantitative estimate of drug-likeness (QED) is 0.544. The number of hydrogen-bond acceptors (Lipinski definition) is 5. The number of hydrogen-bond donors (Lipinski definition) is 0. The molecule has 0 aliphatic rings. The van der Waals surface area contributed by atoms with Crippen LogP contribution in [-0.2, 0) is 12.8 Å². The second kappa shape index (κ2) is 9.41. The average molecular weight is 401 g/mol. The van der Waals surface area contributed by atoms with E-state index in [0.29, 0.717) is 6.42 Å². The number of rotatable bonds is 8. The molecule has 0 N–H and O–H groups in total. The van der Waals surface area contributed by atoms with Gasteiger partial charge in [-0.25, -0.2) is 4.98 Å². The van der Waals surface area contributed by atoms with E-state index in [2.05, 4.69) is 37.0 Å². The Bertz CT molecular complexity index is 1120. The summed E-state index contributed by atoms with van der Waals surface area (Å²) in [7, 11) is 0. The molecule has 0 fully saturated rings. The lowest BCUT2D eigenvalue weighted by molar-refractivity contribution is 0.713. The molecule has 6 nitrogen and oxygen atoms in total. The Hall–Kier alpha value is -3.38. The van der Waals surface area contributed by atoms with Crippen molar-refractivity contribution in [3.8, 4) is 23.3 Å². The van der Waals surface area contributed by atoms with Crippen molar-refractivity contribution < 1.29 is 0 Å². The Morgan fingerprint density at radius 2 is 1.70 bits per heavy atom. The van der Waals surface area contributed by atoms with Crippen molar-refractivity contribution in [1.29, 1.82) is 10.5 Å². The normalized spacial score (nSPS) is 10.7. The number of benzene rings is 1. The van der Waals surface area contributed by atoms with Crippen molar-refractivity contribution in [3.63, 3.8) is 0 Å². The second-order valence-electron chi connectivity index (χ2n) is 7.60. The van der Waals surface area contributed by atoms with Gasteiger partial charge in [0.2, 0.25) is 0 Å². The first-order valence-corrected chi connectivity index (χ1v) is 10.5. The van der Waals surface area contributed by atoms with Gasteiger partial charge in [0.1, 0.15) is 5.82 Å². The van der Waals surface area contributed by atoms with Crippen LogP contribution in [0, 0.1) is 36.5 Å². The van der Waals surface area contributed by atoms with Crippen molar-refractivity contribution in [2.75, 3.05) is 18.0 Å². The minimum atomic E-state index is 0.280. The van der Waals surface area contributed by atoms with Crippen LogP contribution in [0.5, 0.6) is 0 Å². The van der Waals surface area contributed by atoms with Crippen LogP contribution in [0.1, 0.15) is 49.2 Å². The van der Waals surface area contributed by atoms with Gasteiger partial charge in [0.15, 0.2) is 5.65 Å². The molecule has 0 saturated heterocycles. The van der Waals surface area contributed by atoms with Gasteiger partial charge in [-0.15, -0.1) is 0 Å². The molecule has 30 heavy (non-hydrogen) atoms. The van der Waals surface area contributed by atoms with E-state index >= 15 is 0 Å². The molecular weight excluding hydrogens is 372 g/mol. The fraction of sp³-hybridized carbons (Fsp3) is 0.417. The molecule has 0 amide bonds. The first-order chi connectivity index (χ1) is 14.5. The van der Waals surface area contributed by atoms with E-state index in [1.807, 2.05) is 36.6 Å². The van der Waals surface area contributed by atoms with E-state index in [1.54, 1.807) is 0 Å². The first-order valence-electron chi connectivity index (χ1n) is 10.5. The highest BCUT2D eigenvalue weighted by Gasteiger charge is 2.20. The lowest BCUT2D eigenvalue weighted by Crippen LogP contribution is -2.27. The Morgan fingerprint density at radius 3 is 2.33 bits per heavy atom. The molecule has 154 valence electrons. The monoisotopic (exact) mass is 400 g/mol. The van der Waals surface area contributed by atoms with Gasteiger partial charge in [-0.3, -0.25) is 0 Å². The van der Waals surface area contributed by atoms with Gasteiger partial charge >= 0.3 is 0 Å². The molecule has 3 aromatic rings. The summed E-state index contributed by atoms with van der Waals surface area (Å²) in [6, 6.07) is 12.5. The lowest BCUT2D eigenvalue weighted by atomic mass is 9.95. The highest BCUT2D eigenvalue weighted by atomic mass is 15.3. The molecule has 0 aliphatic carbocycles. The molecule has 2 aromatic heterocycles. The van der Waals surface area contributed by atoms with Crippen LogP contribution in [0.25, 0.3) is 16.8 Å². The zero-order chi connectivity index (χ0) is 21.7. The molecule has 0 unspecified atom stereocenters. The third-order valence-electron chi connectivity index (χ3n) is 5.18. The zero-order valence-electron chi connectivity index (χ0n) is 18.2. The van der Waals surface area contributed by atoms with E-state index in [-0.39, 0.29) is 6.42 Å². The number of fused-ring (bicyclic) bond motifs is 1. The molecule has 0 spiro atoms. The Kier molecular flexibility index (Phi) is 6.69. The fourth-order valence-corrected chi connectivity index (χ4v) is 3.97. The van der Waals surface area contributed by atoms with Crippen molar-refractivity contribution >= 4 is 11.5 Å². The maximum Gasteiger partial charge on any atom is 0.165 e. The van der Waals surface area contributed by atoms with Crippen LogP contribution in [0.2, 0.25) is 0 Å². The number of nitrogens with zero attached hydrogens (tertiary/aromatic N) is 6. The first kappa shape index (κ1) is 21.3. The number of aryl methyl sites for hydroxylation is 2. The van der Waals surface area contributed by atoms with E-state index in [4.69, 9.17) is 15.3 Å². The van der Waals surface area contributed by atoms with Crippen molar-refractivity contribution in [2.24, 2.45) is 0 Å². The van der Waals surface area contributed by atoms with Crippen LogP contribution in [0.4, 0.5) is 5.82 Å². The molecule has 0 atom stereocenters. The highest BCUT2D eigenvalue weighted by Crippen LogP contribution is 2.33. The van der Waals surface area contributed by atoms with E-state index in [0.717, 1.165) is 71.0 Å². The fourth-order valence-electron chi connectivity index (χ4n) is 3.97. The van der Waals surface area contributed by atoms with Crippen LogP contribution < -0.4 is 4.90 Å². The minimum Gasteiger partial charge on any atom is -0.356 e. The SMILES string of the molecule is CCCN(CCC)c1cc(C)nc2c(-c3ccc(CC#N)cc3CC#N)c(C)nn12. The summed E-state index contributed by atoms with van der Waals surface area (Å²) in [5.74, 6) is 1.05. The standard InChI is InChI=1S/C24H28N6/c1-5-13-29(14-6-2)22-15-17(3)27-24-23(18(4)28-30(22)24)21-8-7-19(9-11-25)16-20(21)10-12-26/h7-8,15-16H,5-6,9-10,13-14H2,1-4H3. The molecule has 0 radical (unpaired) electrons. The van der Waals surface area contributed by atoms with Crippen LogP contribution in [-0.4, -0.2) is 27.7 Å². The summed E-state index contributed by atoms with van der Waals surface area (Å²) in [6.45, 7) is 10.3. The summed E-state index contributed by atoms with van der Waals surface area (Å²) in [5, 5.41) is 23.3. The van der Waals surface area contributed by atoms with E-state index in [1.165, 1.54) is 0 Å². The highest BCUT2D eigenvalue weighted by molar-refractivity contribution is 5.83. The third kappa shape index (κ3) is 4.14. The molecule has 1 aromatic carbocycles. The lowest BCUT2D eigenvalue weighted by Gasteiger charge is -2.24. The number of aromatic nitrogens is 3. The van der Waals surface area contributed by atoms with Gasteiger partial charge in [0.05, 0.1) is 30.7 Å². The molecular formula is C24H28N6. The maximum atomic E-state index is 9.37. The zero-order valence-corrected chi connectivity index (χ0v) is 18.2. The Balaban J connectivity index is 2.25. The smallest absolute Gasteiger partial charge is 0.165 e. The van der Waals surface area contributed by atoms with Gasteiger partial charge in [-0.05, 0) is 43.4 Å². The summed E-state index contributed by atoms with van der Waals surface area (Å²) in [5.41, 5.74) is 6.39. The summed E-state index contributed by atoms with van der Waals surface area (Å²) in [6.07, 6.45) is 2.73. The summed E-state index contributed by atoms with van der Waals surface area (Å²) >= 11 is 0. The van der Waals surface area contributed by atoms with E-state index in [9.17, 15) is 5.26 Å². The van der Waals surface area contributed by atoms with Crippen LogP contribution in [0.3, 0.4) is 0 Å². The molecule has 0 bridgehead atoms. The molecule has 2 heterocycles. The van der Waals surface area contributed by atoms with Gasteiger partial charge in [-0.2, -0.15) is 20.1 Å². The predicted molar refractivity (Wildman–Crippen MR) is 119 cm³/mol. The molecule has 6 heteroatoms. The third-order valence-corrected chi connectivity index (χ3v) is 5.18. The Labute approximate surface area is 178 Å². The minimum absolute atomic E-state index is 0.280. The predicted octanol–water partition coefficient (Wildman–Crippen LogP) is 4.77. The van der Waals surface area contributed by atoms with Gasteiger partial charge < -0.3 is 4.90 Å². The average Bonchev–Trinajstić information content (AvgIpc) is 3.04. The van der Waals surface area contributed by atoms with Crippen LogP contribution >= 0.6 is 0 Å². The number of nitriles is 2. The number of anilines is 1.